The topological polar surface area (TPSA) is 88.1 Å². The molecule has 0 saturated carbocycles. The van der Waals surface area contributed by atoms with Crippen molar-refractivity contribution in [2.45, 2.75) is 19.4 Å². The molecule has 1 aromatic heterocycles. The van der Waals surface area contributed by atoms with Gasteiger partial charge in [-0.3, -0.25) is 0 Å². The molecule has 0 amide bonds. The van der Waals surface area contributed by atoms with Crippen molar-refractivity contribution >= 4 is 0 Å². The number of hydrogen-bond acceptors (Lipinski definition) is 6. The number of rotatable bonds is 7. The average Bonchev–Trinajstić information content (AvgIpc) is 2.92. The van der Waals surface area contributed by atoms with Crippen LogP contribution in [0, 0.1) is 0 Å². The lowest BCUT2D eigenvalue weighted by Gasteiger charge is -2.09. The van der Waals surface area contributed by atoms with Gasteiger partial charge in [0.25, 0.3) is 0 Å². The van der Waals surface area contributed by atoms with Crippen LogP contribution in [0.25, 0.3) is 0 Å². The molecule has 0 unspecified atom stereocenters. The number of aryl methyl sites for hydroxylation is 1. The average molecular weight is 277 g/mol. The highest BCUT2D eigenvalue weighted by Crippen LogP contribution is 2.28. The van der Waals surface area contributed by atoms with Crippen molar-refractivity contribution in [1.29, 1.82) is 0 Å². The van der Waals surface area contributed by atoms with E-state index in [2.05, 4.69) is 15.5 Å². The molecule has 0 saturated heterocycles. The van der Waals surface area contributed by atoms with E-state index >= 15 is 0 Å². The summed E-state index contributed by atoms with van der Waals surface area (Å²) in [5, 5.41) is 11.7. The second kappa shape index (κ2) is 6.85. The minimum Gasteiger partial charge on any atom is -0.493 e. The Morgan fingerprint density at radius 3 is 2.70 bits per heavy atom. The Bertz CT molecular complexity index is 555. The Hall–Kier alpha value is -2.15. The highest BCUT2D eigenvalue weighted by molar-refractivity contribution is 5.43. The van der Waals surface area contributed by atoms with E-state index in [0.717, 1.165) is 24.4 Å². The molecule has 0 aliphatic carbocycles. The van der Waals surface area contributed by atoms with E-state index in [4.69, 9.17) is 15.2 Å². The lowest BCUT2D eigenvalue weighted by Crippen LogP contribution is -2.10. The third kappa shape index (κ3) is 3.24. The van der Waals surface area contributed by atoms with E-state index in [1.54, 1.807) is 18.9 Å². The first-order chi connectivity index (χ1) is 9.78. The molecule has 2 N–H and O–H groups in total. The summed E-state index contributed by atoms with van der Waals surface area (Å²) in [5.74, 6) is 2.22. The predicted octanol–water partition coefficient (Wildman–Crippen LogP) is 0.630. The van der Waals surface area contributed by atoms with Crippen LogP contribution in [0.3, 0.4) is 0 Å². The minimum absolute atomic E-state index is 0.621. The summed E-state index contributed by atoms with van der Waals surface area (Å²) in [6, 6.07) is 5.78. The second-order valence-corrected chi connectivity index (χ2v) is 4.33. The molecule has 7 nitrogen and oxygen atoms in total. The molecule has 1 aromatic carbocycles. The molecule has 0 fully saturated rings. The zero-order valence-electron chi connectivity index (χ0n) is 11.7. The van der Waals surface area contributed by atoms with Crippen LogP contribution in [-0.4, -0.2) is 41.0 Å². The number of hydrogen-bond donors (Lipinski definition) is 1. The zero-order chi connectivity index (χ0) is 14.4. The molecule has 20 heavy (non-hydrogen) atoms. The quantitative estimate of drug-likeness (QED) is 0.798. The first-order valence-electron chi connectivity index (χ1n) is 6.44. The SMILES string of the molecule is COc1ccc(Cc2nnnn2CCCN)cc1OC. The van der Waals surface area contributed by atoms with Gasteiger partial charge < -0.3 is 15.2 Å². The molecule has 0 bridgehead atoms. The Labute approximate surface area is 117 Å². The van der Waals surface area contributed by atoms with Gasteiger partial charge in [0, 0.05) is 13.0 Å². The van der Waals surface area contributed by atoms with Gasteiger partial charge in [-0.1, -0.05) is 6.07 Å². The fourth-order valence-corrected chi connectivity index (χ4v) is 1.94. The Morgan fingerprint density at radius 2 is 2.00 bits per heavy atom. The molecule has 2 rings (SSSR count). The summed E-state index contributed by atoms with van der Waals surface area (Å²) in [6.07, 6.45) is 1.49. The molecular weight excluding hydrogens is 258 g/mol. The van der Waals surface area contributed by atoms with Crippen LogP contribution in [0.4, 0.5) is 0 Å². The summed E-state index contributed by atoms with van der Waals surface area (Å²) in [4.78, 5) is 0. The largest absolute Gasteiger partial charge is 0.493 e. The fourth-order valence-electron chi connectivity index (χ4n) is 1.94. The molecule has 0 spiro atoms. The number of aromatic nitrogens is 4. The Morgan fingerprint density at radius 1 is 1.20 bits per heavy atom. The zero-order valence-corrected chi connectivity index (χ0v) is 11.7. The van der Waals surface area contributed by atoms with E-state index in [-0.39, 0.29) is 0 Å². The van der Waals surface area contributed by atoms with Crippen LogP contribution >= 0.6 is 0 Å². The van der Waals surface area contributed by atoms with E-state index in [9.17, 15) is 0 Å². The van der Waals surface area contributed by atoms with Gasteiger partial charge in [-0.05, 0) is 41.1 Å². The Kier molecular flexibility index (Phi) is 4.89. The van der Waals surface area contributed by atoms with Gasteiger partial charge in [0.05, 0.1) is 14.2 Å². The first kappa shape index (κ1) is 14.3. The van der Waals surface area contributed by atoms with Crippen LogP contribution in [0.15, 0.2) is 18.2 Å². The van der Waals surface area contributed by atoms with Crippen LogP contribution in [0.5, 0.6) is 11.5 Å². The number of tetrazole rings is 1. The summed E-state index contributed by atoms with van der Waals surface area (Å²) in [7, 11) is 3.23. The first-order valence-corrected chi connectivity index (χ1v) is 6.44. The van der Waals surface area contributed by atoms with Crippen molar-refractivity contribution in [3.63, 3.8) is 0 Å². The number of nitrogens with zero attached hydrogens (tertiary/aromatic N) is 4. The molecule has 7 heteroatoms. The summed E-state index contributed by atoms with van der Waals surface area (Å²) >= 11 is 0. The van der Waals surface area contributed by atoms with Crippen molar-refractivity contribution in [1.82, 2.24) is 20.2 Å². The van der Waals surface area contributed by atoms with E-state index in [1.807, 2.05) is 18.2 Å². The van der Waals surface area contributed by atoms with Crippen LogP contribution < -0.4 is 15.2 Å². The van der Waals surface area contributed by atoms with Gasteiger partial charge >= 0.3 is 0 Å². The molecule has 0 atom stereocenters. The van der Waals surface area contributed by atoms with Crippen molar-refractivity contribution in [2.24, 2.45) is 5.73 Å². The Balaban J connectivity index is 2.15. The van der Waals surface area contributed by atoms with Crippen LogP contribution in [-0.2, 0) is 13.0 Å². The maximum atomic E-state index is 5.51. The molecule has 0 aliphatic heterocycles. The maximum Gasteiger partial charge on any atom is 0.161 e. The van der Waals surface area contributed by atoms with Crippen LogP contribution in [0.1, 0.15) is 17.8 Å². The van der Waals surface area contributed by atoms with Gasteiger partial charge in [0.2, 0.25) is 0 Å². The molecule has 2 aromatic rings. The van der Waals surface area contributed by atoms with Crippen molar-refractivity contribution < 1.29 is 9.47 Å². The van der Waals surface area contributed by atoms with E-state index in [0.29, 0.717) is 24.5 Å². The van der Waals surface area contributed by atoms with Crippen molar-refractivity contribution in [3.8, 4) is 11.5 Å². The summed E-state index contributed by atoms with van der Waals surface area (Å²) < 4.78 is 12.3. The van der Waals surface area contributed by atoms with Gasteiger partial charge in [-0.25, -0.2) is 4.68 Å². The third-order valence-electron chi connectivity index (χ3n) is 2.99. The van der Waals surface area contributed by atoms with Gasteiger partial charge in [0.1, 0.15) is 0 Å². The van der Waals surface area contributed by atoms with Crippen molar-refractivity contribution in [3.05, 3.63) is 29.6 Å². The van der Waals surface area contributed by atoms with Gasteiger partial charge in [-0.2, -0.15) is 0 Å². The summed E-state index contributed by atoms with van der Waals surface area (Å²) in [5.41, 5.74) is 6.57. The maximum absolute atomic E-state index is 5.51. The van der Waals surface area contributed by atoms with Gasteiger partial charge in [0.15, 0.2) is 17.3 Å². The second-order valence-electron chi connectivity index (χ2n) is 4.33. The molecular formula is C13H19N5O2. The highest BCUT2D eigenvalue weighted by Gasteiger charge is 2.09. The van der Waals surface area contributed by atoms with E-state index < -0.39 is 0 Å². The fraction of sp³-hybridized carbons (Fsp3) is 0.462. The number of benzene rings is 1. The normalized spacial score (nSPS) is 10.6. The van der Waals surface area contributed by atoms with Gasteiger partial charge in [-0.15, -0.1) is 5.10 Å². The molecule has 1 heterocycles. The third-order valence-corrected chi connectivity index (χ3v) is 2.99. The lowest BCUT2D eigenvalue weighted by molar-refractivity contribution is 0.354. The minimum atomic E-state index is 0.621. The predicted molar refractivity (Wildman–Crippen MR) is 73.8 cm³/mol. The number of methoxy groups -OCH3 is 2. The molecule has 0 radical (unpaired) electrons. The molecule has 0 aliphatic rings. The van der Waals surface area contributed by atoms with E-state index in [1.165, 1.54) is 0 Å². The lowest BCUT2D eigenvalue weighted by atomic mass is 10.1. The standard InChI is InChI=1S/C13H19N5O2/c1-19-11-5-4-10(8-12(11)20-2)9-13-15-16-17-18(13)7-3-6-14/h4-5,8H,3,6-7,9,14H2,1-2H3. The number of nitrogens with two attached hydrogens (primary N) is 1. The molecule has 108 valence electrons. The highest BCUT2D eigenvalue weighted by atomic mass is 16.5. The van der Waals surface area contributed by atoms with Crippen molar-refractivity contribution in [2.75, 3.05) is 20.8 Å². The summed E-state index contributed by atoms with van der Waals surface area (Å²) in [6.45, 7) is 1.35. The monoisotopic (exact) mass is 277 g/mol. The smallest absolute Gasteiger partial charge is 0.161 e. The number of ether oxygens (including phenoxy) is 2. The van der Waals surface area contributed by atoms with Crippen LogP contribution in [0.2, 0.25) is 0 Å².